The number of carbonyl (C=O) groups is 1. The van der Waals surface area contributed by atoms with E-state index in [1.165, 1.54) is 0 Å². The molecule has 0 aromatic rings. The molecule has 0 unspecified atom stereocenters. The van der Waals surface area contributed by atoms with Crippen LogP contribution in [0.3, 0.4) is 0 Å². The molecule has 1 aliphatic heterocycles. The number of esters is 1. The summed E-state index contributed by atoms with van der Waals surface area (Å²) < 4.78 is 5.39. The number of rotatable bonds is 2. The Morgan fingerprint density at radius 1 is 1.21 bits per heavy atom. The van der Waals surface area contributed by atoms with Crippen molar-refractivity contribution < 1.29 is 9.53 Å². The van der Waals surface area contributed by atoms with Crippen molar-refractivity contribution in [2.75, 3.05) is 13.1 Å². The monoisotopic (exact) mass is 199 g/mol. The molecule has 1 aliphatic rings. The number of ether oxygens (including phenoxy) is 1. The maximum atomic E-state index is 11.9. The second-order valence-corrected chi connectivity index (χ2v) is 5.58. The van der Waals surface area contributed by atoms with Crippen molar-refractivity contribution in [3.63, 3.8) is 0 Å². The van der Waals surface area contributed by atoms with Crippen LogP contribution in [0.2, 0.25) is 0 Å². The molecule has 3 nitrogen and oxygen atoms in total. The van der Waals surface area contributed by atoms with Crippen LogP contribution in [0.4, 0.5) is 0 Å². The van der Waals surface area contributed by atoms with E-state index in [2.05, 4.69) is 5.32 Å². The summed E-state index contributed by atoms with van der Waals surface area (Å²) >= 11 is 0. The van der Waals surface area contributed by atoms with Crippen molar-refractivity contribution in [2.24, 2.45) is 11.3 Å². The molecule has 14 heavy (non-hydrogen) atoms. The van der Waals surface area contributed by atoms with Crippen molar-refractivity contribution in [3.05, 3.63) is 0 Å². The molecule has 0 bridgehead atoms. The van der Waals surface area contributed by atoms with E-state index in [1.807, 2.05) is 34.6 Å². The van der Waals surface area contributed by atoms with Gasteiger partial charge in [-0.25, -0.2) is 0 Å². The summed E-state index contributed by atoms with van der Waals surface area (Å²) in [5.41, 5.74) is -0.746. The van der Waals surface area contributed by atoms with E-state index in [0.29, 0.717) is 5.92 Å². The predicted octanol–water partition coefficient (Wildman–Crippen LogP) is 1.57. The maximum absolute atomic E-state index is 11.9. The highest BCUT2D eigenvalue weighted by atomic mass is 16.6. The lowest BCUT2D eigenvalue weighted by atomic mass is 9.75. The molecule has 0 saturated carbocycles. The third kappa shape index (κ3) is 2.47. The number of hydrogen-bond donors (Lipinski definition) is 1. The molecular formula is C11H21NO2. The van der Waals surface area contributed by atoms with Gasteiger partial charge < -0.3 is 10.1 Å². The molecular weight excluding hydrogens is 178 g/mol. The summed E-state index contributed by atoms with van der Waals surface area (Å²) in [5.74, 6) is 0.328. The Morgan fingerprint density at radius 2 is 1.71 bits per heavy atom. The summed E-state index contributed by atoms with van der Waals surface area (Å²) in [5, 5.41) is 3.18. The first-order valence-corrected chi connectivity index (χ1v) is 5.17. The Morgan fingerprint density at radius 3 is 2.00 bits per heavy atom. The van der Waals surface area contributed by atoms with Gasteiger partial charge in [0.2, 0.25) is 0 Å². The molecule has 1 rings (SSSR count). The van der Waals surface area contributed by atoms with Gasteiger partial charge in [0, 0.05) is 13.1 Å². The van der Waals surface area contributed by atoms with Crippen LogP contribution in [-0.4, -0.2) is 24.7 Å². The highest BCUT2D eigenvalue weighted by Crippen LogP contribution is 2.32. The highest BCUT2D eigenvalue weighted by Gasteiger charge is 2.42. The zero-order valence-corrected chi connectivity index (χ0v) is 9.81. The molecule has 1 fully saturated rings. The quantitative estimate of drug-likeness (QED) is 0.686. The first kappa shape index (κ1) is 11.5. The van der Waals surface area contributed by atoms with Gasteiger partial charge in [0.25, 0.3) is 0 Å². The third-order valence-electron chi connectivity index (χ3n) is 2.73. The average molecular weight is 199 g/mol. The Kier molecular flexibility index (Phi) is 2.91. The Balaban J connectivity index is 2.58. The fourth-order valence-corrected chi connectivity index (χ4v) is 1.38. The van der Waals surface area contributed by atoms with E-state index < -0.39 is 0 Å². The van der Waals surface area contributed by atoms with Crippen molar-refractivity contribution in [1.82, 2.24) is 5.32 Å². The lowest BCUT2D eigenvalue weighted by Crippen LogP contribution is -2.53. The zero-order chi connectivity index (χ0) is 11.0. The average Bonchev–Trinajstić information content (AvgIpc) is 1.76. The second kappa shape index (κ2) is 3.54. The molecule has 0 aliphatic carbocycles. The predicted molar refractivity (Wildman–Crippen MR) is 56.0 cm³/mol. The van der Waals surface area contributed by atoms with E-state index in [0.717, 1.165) is 13.1 Å². The van der Waals surface area contributed by atoms with E-state index in [9.17, 15) is 4.79 Å². The molecule has 0 atom stereocenters. The Bertz CT molecular complexity index is 224. The number of nitrogens with one attached hydrogen (secondary N) is 1. The van der Waals surface area contributed by atoms with E-state index >= 15 is 0 Å². The Hall–Kier alpha value is -0.570. The van der Waals surface area contributed by atoms with Gasteiger partial charge in [0.05, 0.1) is 5.41 Å². The molecule has 1 N–H and O–H groups in total. The fraction of sp³-hybridized carbons (Fsp3) is 0.909. The number of carbonyl (C=O) groups excluding carboxylic acids is 1. The fourth-order valence-electron chi connectivity index (χ4n) is 1.38. The molecule has 0 amide bonds. The molecule has 0 radical (unpaired) electrons. The second-order valence-electron chi connectivity index (χ2n) is 5.58. The molecule has 1 heterocycles. The molecule has 0 aromatic carbocycles. The largest absolute Gasteiger partial charge is 0.460 e. The summed E-state index contributed by atoms with van der Waals surface area (Å²) in [6.07, 6.45) is 0. The van der Waals surface area contributed by atoms with Crippen LogP contribution in [0.15, 0.2) is 0 Å². The molecule has 1 saturated heterocycles. The van der Waals surface area contributed by atoms with Gasteiger partial charge in [-0.15, -0.1) is 0 Å². The Labute approximate surface area is 86.2 Å². The summed E-state index contributed by atoms with van der Waals surface area (Å²) in [6, 6.07) is 0. The van der Waals surface area contributed by atoms with Gasteiger partial charge in [0.1, 0.15) is 5.60 Å². The van der Waals surface area contributed by atoms with E-state index in [4.69, 9.17) is 4.74 Å². The summed E-state index contributed by atoms with van der Waals surface area (Å²) in [7, 11) is 0. The number of hydrogen-bond acceptors (Lipinski definition) is 3. The third-order valence-corrected chi connectivity index (χ3v) is 2.73. The lowest BCUT2D eigenvalue weighted by molar-refractivity contribution is -0.170. The van der Waals surface area contributed by atoms with Crippen LogP contribution in [0.1, 0.15) is 34.6 Å². The van der Waals surface area contributed by atoms with Crippen molar-refractivity contribution in [1.29, 1.82) is 0 Å². The molecule has 0 aromatic heterocycles. The SMILES string of the molecule is CC(C)(C)OC(=O)C(C)(C)C1CNC1. The van der Waals surface area contributed by atoms with Gasteiger partial charge >= 0.3 is 5.97 Å². The van der Waals surface area contributed by atoms with Crippen LogP contribution in [0, 0.1) is 11.3 Å². The van der Waals surface area contributed by atoms with Crippen LogP contribution in [0.5, 0.6) is 0 Å². The minimum absolute atomic E-state index is 0.0866. The van der Waals surface area contributed by atoms with Crippen molar-refractivity contribution in [2.45, 2.75) is 40.2 Å². The first-order chi connectivity index (χ1) is 6.23. The van der Waals surface area contributed by atoms with Crippen LogP contribution in [-0.2, 0) is 9.53 Å². The molecule has 82 valence electrons. The molecule has 0 spiro atoms. The topological polar surface area (TPSA) is 38.3 Å². The highest BCUT2D eigenvalue weighted by molar-refractivity contribution is 5.77. The van der Waals surface area contributed by atoms with Gasteiger partial charge in [-0.1, -0.05) is 0 Å². The van der Waals surface area contributed by atoms with Crippen LogP contribution < -0.4 is 5.32 Å². The van der Waals surface area contributed by atoms with Gasteiger partial charge in [-0.2, -0.15) is 0 Å². The van der Waals surface area contributed by atoms with E-state index in [1.54, 1.807) is 0 Å². The van der Waals surface area contributed by atoms with Crippen molar-refractivity contribution >= 4 is 5.97 Å². The normalized spacial score (nSPS) is 18.9. The maximum Gasteiger partial charge on any atom is 0.312 e. The van der Waals surface area contributed by atoms with Gasteiger partial charge in [-0.3, -0.25) is 4.79 Å². The lowest BCUT2D eigenvalue weighted by Gasteiger charge is -2.40. The summed E-state index contributed by atoms with van der Waals surface area (Å²) in [6.45, 7) is 11.5. The standard InChI is InChI=1S/C11H21NO2/c1-10(2,3)14-9(13)11(4,5)8-6-12-7-8/h8,12H,6-7H2,1-5H3. The molecule has 3 heteroatoms. The minimum atomic E-state index is -0.383. The smallest absolute Gasteiger partial charge is 0.312 e. The zero-order valence-electron chi connectivity index (χ0n) is 9.81. The van der Waals surface area contributed by atoms with Crippen molar-refractivity contribution in [3.8, 4) is 0 Å². The van der Waals surface area contributed by atoms with E-state index in [-0.39, 0.29) is 17.0 Å². The first-order valence-electron chi connectivity index (χ1n) is 5.17. The summed E-state index contributed by atoms with van der Waals surface area (Å²) in [4.78, 5) is 11.9. The minimum Gasteiger partial charge on any atom is -0.460 e. The van der Waals surface area contributed by atoms with Crippen LogP contribution >= 0.6 is 0 Å². The van der Waals surface area contributed by atoms with Gasteiger partial charge in [-0.05, 0) is 40.5 Å². The van der Waals surface area contributed by atoms with Crippen LogP contribution in [0.25, 0.3) is 0 Å². The van der Waals surface area contributed by atoms with Gasteiger partial charge in [0.15, 0.2) is 0 Å².